The molecule has 0 saturated carbocycles. The molecule has 1 heterocycles. The van der Waals surface area contributed by atoms with Gasteiger partial charge in [0.2, 0.25) is 5.78 Å². The third kappa shape index (κ3) is 2.72. The Kier molecular flexibility index (Phi) is 3.79. The Bertz CT molecular complexity index is 664. The number of hydrogen-bond acceptors (Lipinski definition) is 3. The summed E-state index contributed by atoms with van der Waals surface area (Å²) >= 11 is 5.83. The maximum Gasteiger partial charge on any atom is 0.238 e. The van der Waals surface area contributed by atoms with Gasteiger partial charge in [0.1, 0.15) is 17.5 Å². The number of nitrogens with zero attached hydrogens (tertiary/aromatic N) is 1. The summed E-state index contributed by atoms with van der Waals surface area (Å²) in [5.41, 5.74) is -0.248. The van der Waals surface area contributed by atoms with Crippen LogP contribution in [0.5, 0.6) is 0 Å². The van der Waals surface area contributed by atoms with Crippen molar-refractivity contribution in [1.29, 1.82) is 5.26 Å². The largest absolute Gasteiger partial charge is 0.461 e. The number of rotatable bonds is 3. The number of furan rings is 1. The normalized spacial score (nSPS) is 11.1. The molecule has 0 unspecified atom stereocenters. The minimum absolute atomic E-state index is 0.000577. The van der Waals surface area contributed by atoms with Crippen LogP contribution in [0.4, 0.5) is 4.39 Å². The molecule has 0 amide bonds. The minimum Gasteiger partial charge on any atom is -0.461 e. The fourth-order valence-corrected chi connectivity index (χ4v) is 1.70. The molecule has 0 aliphatic heterocycles. The topological polar surface area (TPSA) is 54.0 Å². The second kappa shape index (κ2) is 5.51. The number of nitriles is 1. The lowest BCUT2D eigenvalue weighted by Gasteiger charge is -2.01. The average Bonchev–Trinajstić information content (AvgIpc) is 2.92. The number of ketones is 1. The van der Waals surface area contributed by atoms with E-state index in [0.29, 0.717) is 0 Å². The first-order valence-corrected chi connectivity index (χ1v) is 5.65. The van der Waals surface area contributed by atoms with Crippen LogP contribution in [0, 0.1) is 17.1 Å². The van der Waals surface area contributed by atoms with Crippen molar-refractivity contribution in [3.05, 3.63) is 64.3 Å². The van der Waals surface area contributed by atoms with E-state index in [1.54, 1.807) is 6.07 Å². The first-order chi connectivity index (χ1) is 9.13. The van der Waals surface area contributed by atoms with E-state index in [9.17, 15) is 9.18 Å². The van der Waals surface area contributed by atoms with Crippen LogP contribution in [0.3, 0.4) is 0 Å². The quantitative estimate of drug-likeness (QED) is 0.485. The number of halogens is 2. The maximum atomic E-state index is 13.6. The highest BCUT2D eigenvalue weighted by atomic mass is 35.5. The monoisotopic (exact) mass is 275 g/mol. The summed E-state index contributed by atoms with van der Waals surface area (Å²) in [7, 11) is 0. The van der Waals surface area contributed by atoms with Gasteiger partial charge in [-0.15, -0.1) is 0 Å². The van der Waals surface area contributed by atoms with Crippen LogP contribution in [0.1, 0.15) is 16.1 Å². The van der Waals surface area contributed by atoms with Crippen molar-refractivity contribution < 1.29 is 13.6 Å². The maximum absolute atomic E-state index is 13.6. The van der Waals surface area contributed by atoms with Crippen LogP contribution in [0.2, 0.25) is 5.02 Å². The zero-order valence-corrected chi connectivity index (χ0v) is 10.3. The van der Waals surface area contributed by atoms with Crippen molar-refractivity contribution >= 4 is 23.5 Å². The van der Waals surface area contributed by atoms with Crippen molar-refractivity contribution in [2.24, 2.45) is 0 Å². The Morgan fingerprint density at radius 2 is 2.16 bits per heavy atom. The fraction of sp³-hybridized carbons (Fsp3) is 0. The molecule has 0 spiro atoms. The highest BCUT2D eigenvalue weighted by Gasteiger charge is 2.16. The van der Waals surface area contributed by atoms with E-state index in [-0.39, 0.29) is 21.9 Å². The van der Waals surface area contributed by atoms with Crippen molar-refractivity contribution in [2.75, 3.05) is 0 Å². The van der Waals surface area contributed by atoms with E-state index in [0.717, 1.165) is 6.08 Å². The van der Waals surface area contributed by atoms with E-state index in [2.05, 4.69) is 0 Å². The van der Waals surface area contributed by atoms with Crippen LogP contribution < -0.4 is 0 Å². The van der Waals surface area contributed by atoms with Crippen LogP contribution >= 0.6 is 11.6 Å². The Balaban J connectivity index is 2.46. The molecule has 0 saturated heterocycles. The summed E-state index contributed by atoms with van der Waals surface area (Å²) in [6, 6.07) is 8.79. The van der Waals surface area contributed by atoms with Crippen LogP contribution in [-0.2, 0) is 0 Å². The van der Waals surface area contributed by atoms with Gasteiger partial charge in [-0.1, -0.05) is 17.7 Å². The molecule has 2 rings (SSSR count). The molecule has 94 valence electrons. The number of benzene rings is 1. The zero-order valence-electron chi connectivity index (χ0n) is 9.56. The van der Waals surface area contributed by atoms with Gasteiger partial charge in [-0.05, 0) is 30.3 Å². The molecule has 0 aliphatic rings. The average molecular weight is 276 g/mol. The summed E-state index contributed by atoms with van der Waals surface area (Å²) in [5, 5.41) is 9.12. The van der Waals surface area contributed by atoms with Gasteiger partial charge in [0.15, 0.2) is 5.76 Å². The molecule has 2 aromatic rings. The minimum atomic E-state index is -0.619. The van der Waals surface area contributed by atoms with Gasteiger partial charge in [0, 0.05) is 5.56 Å². The standard InChI is InChI=1S/C14H7ClFNO2/c15-11-3-1-4-12(16)10(11)7-9(8-17)14(18)13-5-2-6-19-13/h1-7H/b9-7+. The van der Waals surface area contributed by atoms with Crippen molar-refractivity contribution in [3.63, 3.8) is 0 Å². The van der Waals surface area contributed by atoms with Gasteiger partial charge in [0.05, 0.1) is 11.3 Å². The number of hydrogen-bond donors (Lipinski definition) is 0. The molecule has 19 heavy (non-hydrogen) atoms. The second-order valence-electron chi connectivity index (χ2n) is 3.61. The Hall–Kier alpha value is -2.38. The molecule has 0 N–H and O–H groups in total. The molecule has 0 fully saturated rings. The molecular weight excluding hydrogens is 269 g/mol. The molecule has 1 aromatic carbocycles. The summed E-state index contributed by atoms with van der Waals surface area (Å²) < 4.78 is 18.5. The third-order valence-corrected chi connectivity index (χ3v) is 2.73. The Labute approximate surface area is 113 Å². The highest BCUT2D eigenvalue weighted by molar-refractivity contribution is 6.32. The fourth-order valence-electron chi connectivity index (χ4n) is 1.48. The molecule has 3 nitrogen and oxygen atoms in total. The van der Waals surface area contributed by atoms with Crippen molar-refractivity contribution in [3.8, 4) is 6.07 Å². The summed E-state index contributed by atoms with van der Waals surface area (Å²) in [5.74, 6) is -1.21. The number of allylic oxidation sites excluding steroid dienone is 1. The summed E-state index contributed by atoms with van der Waals surface area (Å²) in [6.45, 7) is 0. The lowest BCUT2D eigenvalue weighted by Crippen LogP contribution is -2.00. The summed E-state index contributed by atoms with van der Waals surface area (Å²) in [4.78, 5) is 11.9. The molecule has 1 aromatic heterocycles. The number of carbonyl (C=O) groups is 1. The Morgan fingerprint density at radius 1 is 1.37 bits per heavy atom. The van der Waals surface area contributed by atoms with Crippen LogP contribution in [0.15, 0.2) is 46.6 Å². The first-order valence-electron chi connectivity index (χ1n) is 5.27. The van der Waals surface area contributed by atoms with Gasteiger partial charge in [0.25, 0.3) is 0 Å². The molecule has 0 aliphatic carbocycles. The molecule has 5 heteroatoms. The van der Waals surface area contributed by atoms with Gasteiger partial charge in [-0.3, -0.25) is 4.79 Å². The van der Waals surface area contributed by atoms with Crippen LogP contribution in [0.25, 0.3) is 6.08 Å². The van der Waals surface area contributed by atoms with E-state index in [1.807, 2.05) is 0 Å². The Morgan fingerprint density at radius 3 is 2.74 bits per heavy atom. The lowest BCUT2D eigenvalue weighted by molar-refractivity contribution is 0.101. The SMILES string of the molecule is N#C/C(=C\c1c(F)cccc1Cl)C(=O)c1ccco1. The van der Waals surface area contributed by atoms with E-state index in [4.69, 9.17) is 21.3 Å². The number of Topliss-reactive ketones (excluding diaryl/α,β-unsaturated/α-hetero) is 1. The lowest BCUT2D eigenvalue weighted by atomic mass is 10.1. The molecule has 0 bridgehead atoms. The van der Waals surface area contributed by atoms with Gasteiger partial charge in [-0.25, -0.2) is 4.39 Å². The smallest absolute Gasteiger partial charge is 0.238 e. The van der Waals surface area contributed by atoms with Gasteiger partial charge < -0.3 is 4.42 Å². The highest BCUT2D eigenvalue weighted by Crippen LogP contribution is 2.22. The molecular formula is C14H7ClFNO2. The van der Waals surface area contributed by atoms with Crippen molar-refractivity contribution in [1.82, 2.24) is 0 Å². The predicted molar refractivity (Wildman–Crippen MR) is 68.0 cm³/mol. The summed E-state index contributed by atoms with van der Waals surface area (Å²) in [6.07, 6.45) is 2.43. The third-order valence-electron chi connectivity index (χ3n) is 2.40. The van der Waals surface area contributed by atoms with E-state index < -0.39 is 11.6 Å². The second-order valence-corrected chi connectivity index (χ2v) is 4.02. The van der Waals surface area contributed by atoms with E-state index in [1.165, 1.54) is 36.6 Å². The zero-order chi connectivity index (χ0) is 13.8. The van der Waals surface area contributed by atoms with Gasteiger partial charge in [-0.2, -0.15) is 5.26 Å². The first kappa shape index (κ1) is 13.1. The predicted octanol–water partition coefficient (Wildman–Crippen LogP) is 3.86. The molecule has 0 atom stereocenters. The van der Waals surface area contributed by atoms with Gasteiger partial charge >= 0.3 is 0 Å². The van der Waals surface area contributed by atoms with Crippen molar-refractivity contribution in [2.45, 2.75) is 0 Å². The molecule has 0 radical (unpaired) electrons. The van der Waals surface area contributed by atoms with E-state index >= 15 is 0 Å². The van der Waals surface area contributed by atoms with Crippen LogP contribution in [-0.4, -0.2) is 5.78 Å². The number of carbonyl (C=O) groups excluding carboxylic acids is 1.